The molecule has 1 aliphatic carbocycles. The monoisotopic (exact) mass is 293 g/mol. The maximum Gasteiger partial charge on any atom is 0.325 e. The number of aliphatic carboxylic acids is 1. The fourth-order valence-corrected chi connectivity index (χ4v) is 2.99. The molecule has 2 rings (SSSR count). The number of aromatic nitrogens is 2. The molecule has 0 aliphatic heterocycles. The molecular weight excluding hydrogens is 270 g/mol. The summed E-state index contributed by atoms with van der Waals surface area (Å²) in [5.41, 5.74) is 0. The summed E-state index contributed by atoms with van der Waals surface area (Å²) < 4.78 is 1.30. The van der Waals surface area contributed by atoms with Gasteiger partial charge in [-0.15, -0.1) is 0 Å². The van der Waals surface area contributed by atoms with Gasteiger partial charge in [0.25, 0.3) is 0 Å². The topological polar surface area (TPSA) is 84.2 Å². The molecule has 1 unspecified atom stereocenters. The van der Waals surface area contributed by atoms with Gasteiger partial charge in [-0.2, -0.15) is 5.10 Å². The second-order valence-electron chi connectivity index (χ2n) is 5.77. The third-order valence-electron chi connectivity index (χ3n) is 4.15. The minimum absolute atomic E-state index is 0.00928. The predicted molar refractivity (Wildman–Crippen MR) is 78.8 cm³/mol. The molecule has 1 atom stereocenters. The standard InChI is InChI=1S/C15H23N3O3/c1-2-12(9-11-5-3-4-6-11)15(21)16-13-7-8-18(17-13)10-14(19)20/h7-8,11-12H,2-6,9-10H2,1H3,(H,19,20)(H,16,17,21). The Hall–Kier alpha value is -1.85. The van der Waals surface area contributed by atoms with Gasteiger partial charge in [0.05, 0.1) is 0 Å². The average molecular weight is 293 g/mol. The molecule has 0 aromatic carbocycles. The van der Waals surface area contributed by atoms with Crippen molar-refractivity contribution in [1.29, 1.82) is 0 Å². The Morgan fingerprint density at radius 1 is 1.48 bits per heavy atom. The number of nitrogens with one attached hydrogen (secondary N) is 1. The maximum atomic E-state index is 12.3. The zero-order valence-electron chi connectivity index (χ0n) is 12.4. The molecule has 116 valence electrons. The van der Waals surface area contributed by atoms with Crippen LogP contribution in [0, 0.1) is 11.8 Å². The number of hydrogen-bond donors (Lipinski definition) is 2. The van der Waals surface area contributed by atoms with Gasteiger partial charge < -0.3 is 10.4 Å². The van der Waals surface area contributed by atoms with Crippen molar-refractivity contribution in [2.75, 3.05) is 5.32 Å². The molecule has 1 heterocycles. The summed E-state index contributed by atoms with van der Waals surface area (Å²) in [5.74, 6) is 0.141. The summed E-state index contributed by atoms with van der Waals surface area (Å²) in [6.07, 6.45) is 8.34. The fraction of sp³-hybridized carbons (Fsp3) is 0.667. The van der Waals surface area contributed by atoms with E-state index in [1.807, 2.05) is 6.92 Å². The number of nitrogens with zero attached hydrogens (tertiary/aromatic N) is 2. The van der Waals surface area contributed by atoms with E-state index < -0.39 is 5.97 Å². The highest BCUT2D eigenvalue weighted by Crippen LogP contribution is 2.31. The van der Waals surface area contributed by atoms with Gasteiger partial charge in [0.2, 0.25) is 5.91 Å². The molecule has 0 spiro atoms. The minimum Gasteiger partial charge on any atom is -0.480 e. The molecule has 1 amide bonds. The van der Waals surface area contributed by atoms with Crippen LogP contribution < -0.4 is 5.32 Å². The lowest BCUT2D eigenvalue weighted by Gasteiger charge is -2.17. The highest BCUT2D eigenvalue weighted by Gasteiger charge is 2.24. The zero-order valence-corrected chi connectivity index (χ0v) is 12.4. The van der Waals surface area contributed by atoms with Crippen LogP contribution in [0.2, 0.25) is 0 Å². The maximum absolute atomic E-state index is 12.3. The molecule has 2 N–H and O–H groups in total. The second-order valence-corrected chi connectivity index (χ2v) is 5.77. The van der Waals surface area contributed by atoms with Gasteiger partial charge in [0.15, 0.2) is 5.82 Å². The Morgan fingerprint density at radius 2 is 2.19 bits per heavy atom. The highest BCUT2D eigenvalue weighted by molar-refractivity contribution is 5.91. The smallest absolute Gasteiger partial charge is 0.325 e. The van der Waals surface area contributed by atoms with Crippen LogP contribution in [0.4, 0.5) is 5.82 Å². The van der Waals surface area contributed by atoms with E-state index >= 15 is 0 Å². The molecule has 0 saturated heterocycles. The van der Waals surface area contributed by atoms with Crippen molar-refractivity contribution >= 4 is 17.7 Å². The van der Waals surface area contributed by atoms with Crippen LogP contribution in [0.5, 0.6) is 0 Å². The van der Waals surface area contributed by atoms with E-state index in [9.17, 15) is 9.59 Å². The van der Waals surface area contributed by atoms with Crippen molar-refractivity contribution < 1.29 is 14.7 Å². The summed E-state index contributed by atoms with van der Waals surface area (Å²) in [5, 5.41) is 15.5. The van der Waals surface area contributed by atoms with Gasteiger partial charge in [-0.25, -0.2) is 0 Å². The SMILES string of the molecule is CCC(CC1CCCC1)C(=O)Nc1ccn(CC(=O)O)n1. The quantitative estimate of drug-likeness (QED) is 0.809. The Bertz CT molecular complexity index is 492. The van der Waals surface area contributed by atoms with Crippen LogP contribution in [0.15, 0.2) is 12.3 Å². The lowest BCUT2D eigenvalue weighted by atomic mass is 9.91. The van der Waals surface area contributed by atoms with Crippen LogP contribution >= 0.6 is 0 Å². The molecule has 1 aromatic heterocycles. The molecule has 21 heavy (non-hydrogen) atoms. The van der Waals surface area contributed by atoms with Gasteiger partial charge in [0, 0.05) is 18.2 Å². The van der Waals surface area contributed by atoms with Crippen molar-refractivity contribution in [3.05, 3.63) is 12.3 Å². The Kier molecular flexibility index (Phi) is 5.36. The summed E-state index contributed by atoms with van der Waals surface area (Å²) in [7, 11) is 0. The van der Waals surface area contributed by atoms with E-state index in [-0.39, 0.29) is 18.4 Å². The van der Waals surface area contributed by atoms with E-state index in [0.717, 1.165) is 12.8 Å². The first-order valence-electron chi connectivity index (χ1n) is 7.64. The summed E-state index contributed by atoms with van der Waals surface area (Å²) in [6.45, 7) is 1.83. The molecule has 1 saturated carbocycles. The van der Waals surface area contributed by atoms with Gasteiger partial charge in [-0.1, -0.05) is 32.6 Å². The van der Waals surface area contributed by atoms with Gasteiger partial charge in [-0.05, 0) is 18.8 Å². The number of anilines is 1. The number of carboxylic acids is 1. The van der Waals surface area contributed by atoms with E-state index in [1.54, 1.807) is 12.3 Å². The predicted octanol–water partition coefficient (Wildman–Crippen LogP) is 2.51. The number of carbonyl (C=O) groups is 2. The number of rotatable bonds is 7. The molecule has 1 fully saturated rings. The van der Waals surface area contributed by atoms with Crippen molar-refractivity contribution in [2.45, 2.75) is 52.0 Å². The Labute approximate surface area is 124 Å². The van der Waals surface area contributed by atoms with E-state index in [4.69, 9.17) is 5.11 Å². The number of carbonyl (C=O) groups excluding carboxylic acids is 1. The van der Waals surface area contributed by atoms with Crippen molar-refractivity contribution in [2.24, 2.45) is 11.8 Å². The normalized spacial score (nSPS) is 16.8. The molecule has 6 heteroatoms. The van der Waals surface area contributed by atoms with Gasteiger partial charge in [-0.3, -0.25) is 14.3 Å². The van der Waals surface area contributed by atoms with Crippen molar-refractivity contribution in [1.82, 2.24) is 9.78 Å². The molecule has 1 aromatic rings. The first-order chi connectivity index (χ1) is 10.1. The van der Waals surface area contributed by atoms with Crippen molar-refractivity contribution in [3.63, 3.8) is 0 Å². The van der Waals surface area contributed by atoms with Gasteiger partial charge >= 0.3 is 5.97 Å². The van der Waals surface area contributed by atoms with E-state index in [1.165, 1.54) is 30.4 Å². The third kappa shape index (κ3) is 4.58. The summed E-state index contributed by atoms with van der Waals surface area (Å²) >= 11 is 0. The molecule has 0 bridgehead atoms. The number of hydrogen-bond acceptors (Lipinski definition) is 3. The largest absolute Gasteiger partial charge is 0.480 e. The molecule has 0 radical (unpaired) electrons. The minimum atomic E-state index is -0.955. The lowest BCUT2D eigenvalue weighted by Crippen LogP contribution is -2.24. The van der Waals surface area contributed by atoms with E-state index in [0.29, 0.717) is 11.7 Å². The van der Waals surface area contributed by atoms with Gasteiger partial charge in [0.1, 0.15) is 6.54 Å². The summed E-state index contributed by atoms with van der Waals surface area (Å²) in [6, 6.07) is 1.63. The lowest BCUT2D eigenvalue weighted by molar-refractivity contribution is -0.137. The van der Waals surface area contributed by atoms with Crippen LogP contribution in [0.25, 0.3) is 0 Å². The van der Waals surface area contributed by atoms with Crippen LogP contribution in [0.1, 0.15) is 45.4 Å². The summed E-state index contributed by atoms with van der Waals surface area (Å²) in [4.78, 5) is 22.9. The van der Waals surface area contributed by atoms with E-state index in [2.05, 4.69) is 10.4 Å². The second kappa shape index (κ2) is 7.24. The first kappa shape index (κ1) is 15.5. The number of carboxylic acid groups (broad SMARTS) is 1. The average Bonchev–Trinajstić information content (AvgIpc) is 3.07. The Balaban J connectivity index is 1.88. The van der Waals surface area contributed by atoms with Crippen molar-refractivity contribution in [3.8, 4) is 0 Å². The highest BCUT2D eigenvalue weighted by atomic mass is 16.4. The Morgan fingerprint density at radius 3 is 2.81 bits per heavy atom. The van der Waals surface area contributed by atoms with Crippen LogP contribution in [-0.2, 0) is 16.1 Å². The fourth-order valence-electron chi connectivity index (χ4n) is 2.99. The van der Waals surface area contributed by atoms with Crippen LogP contribution in [0.3, 0.4) is 0 Å². The first-order valence-corrected chi connectivity index (χ1v) is 7.64. The van der Waals surface area contributed by atoms with Crippen LogP contribution in [-0.4, -0.2) is 26.8 Å². The molecule has 6 nitrogen and oxygen atoms in total. The molecule has 1 aliphatic rings. The number of amides is 1. The molecular formula is C15H23N3O3. The zero-order chi connectivity index (χ0) is 15.2. The third-order valence-corrected chi connectivity index (χ3v) is 4.15.